The molecular weight excluding hydrogens is 268 g/mol. The van der Waals surface area contributed by atoms with Crippen LogP contribution in [0.1, 0.15) is 18.1 Å². The Balaban J connectivity index is 2.15. The van der Waals surface area contributed by atoms with Gasteiger partial charge >= 0.3 is 0 Å². The number of rotatable bonds is 3. The van der Waals surface area contributed by atoms with Crippen LogP contribution in [-0.2, 0) is 14.3 Å². The molecule has 0 spiro atoms. The van der Waals surface area contributed by atoms with Gasteiger partial charge in [0.15, 0.2) is 0 Å². The Morgan fingerprint density at radius 1 is 1.24 bits per heavy atom. The van der Waals surface area contributed by atoms with E-state index in [1.54, 1.807) is 9.80 Å². The van der Waals surface area contributed by atoms with Gasteiger partial charge in [-0.2, -0.15) is 0 Å². The summed E-state index contributed by atoms with van der Waals surface area (Å²) in [5.41, 5.74) is 2.94. The highest BCUT2D eigenvalue weighted by molar-refractivity contribution is 5.98. The molecule has 0 N–H and O–H groups in total. The largest absolute Gasteiger partial charge is 0.378 e. The van der Waals surface area contributed by atoms with E-state index in [-0.39, 0.29) is 18.4 Å². The van der Waals surface area contributed by atoms with Gasteiger partial charge in [0.05, 0.1) is 13.2 Å². The number of carbonyl (C=O) groups excluding carboxylic acids is 2. The number of hydrogen-bond acceptors (Lipinski definition) is 3. The number of anilines is 1. The van der Waals surface area contributed by atoms with Crippen LogP contribution in [0.25, 0.3) is 0 Å². The Bertz CT molecular complexity index is 536. The second kappa shape index (κ2) is 6.72. The van der Waals surface area contributed by atoms with E-state index in [0.717, 1.165) is 16.8 Å². The third kappa shape index (κ3) is 3.82. The fourth-order valence-corrected chi connectivity index (χ4v) is 2.52. The molecule has 0 bridgehead atoms. The SMILES string of the molecule is CC(=O)N(CC(=O)N1CCOCC1)c1ccc(C)cc1C. The molecule has 1 aliphatic heterocycles. The molecule has 1 fully saturated rings. The van der Waals surface area contributed by atoms with Crippen molar-refractivity contribution in [3.8, 4) is 0 Å². The quantitative estimate of drug-likeness (QED) is 0.848. The van der Waals surface area contributed by atoms with E-state index in [1.165, 1.54) is 6.92 Å². The highest BCUT2D eigenvalue weighted by atomic mass is 16.5. The first-order valence-corrected chi connectivity index (χ1v) is 7.20. The fourth-order valence-electron chi connectivity index (χ4n) is 2.52. The topological polar surface area (TPSA) is 49.9 Å². The maximum atomic E-state index is 12.3. The molecule has 5 heteroatoms. The molecule has 0 aliphatic carbocycles. The maximum absolute atomic E-state index is 12.3. The molecule has 0 radical (unpaired) electrons. The maximum Gasteiger partial charge on any atom is 0.242 e. The Kier molecular flexibility index (Phi) is 4.96. The molecule has 1 saturated heterocycles. The molecule has 1 aromatic rings. The molecule has 0 atom stereocenters. The Morgan fingerprint density at radius 3 is 2.48 bits per heavy atom. The third-order valence-corrected chi connectivity index (χ3v) is 3.68. The van der Waals surface area contributed by atoms with E-state index in [4.69, 9.17) is 4.74 Å². The van der Waals surface area contributed by atoms with Crippen molar-refractivity contribution in [2.45, 2.75) is 20.8 Å². The first-order chi connectivity index (χ1) is 9.99. The molecule has 1 aliphatic rings. The molecule has 1 aromatic carbocycles. The van der Waals surface area contributed by atoms with Crippen LogP contribution in [0.3, 0.4) is 0 Å². The summed E-state index contributed by atoms with van der Waals surface area (Å²) in [4.78, 5) is 27.6. The lowest BCUT2D eigenvalue weighted by atomic mass is 10.1. The average Bonchev–Trinajstić information content (AvgIpc) is 2.46. The second-order valence-corrected chi connectivity index (χ2v) is 5.39. The molecule has 114 valence electrons. The number of carbonyl (C=O) groups is 2. The van der Waals surface area contributed by atoms with Crippen LogP contribution in [0.2, 0.25) is 0 Å². The Morgan fingerprint density at radius 2 is 1.90 bits per heavy atom. The molecule has 2 amide bonds. The smallest absolute Gasteiger partial charge is 0.242 e. The van der Waals surface area contributed by atoms with Crippen molar-refractivity contribution >= 4 is 17.5 Å². The van der Waals surface area contributed by atoms with Gasteiger partial charge in [0.25, 0.3) is 0 Å². The molecule has 21 heavy (non-hydrogen) atoms. The minimum absolute atomic E-state index is 0.0338. The number of morpholine rings is 1. The van der Waals surface area contributed by atoms with Crippen LogP contribution in [0.4, 0.5) is 5.69 Å². The monoisotopic (exact) mass is 290 g/mol. The molecule has 0 unspecified atom stereocenters. The first kappa shape index (κ1) is 15.5. The van der Waals surface area contributed by atoms with E-state index in [2.05, 4.69) is 0 Å². The van der Waals surface area contributed by atoms with Gasteiger partial charge in [-0.3, -0.25) is 9.59 Å². The fraction of sp³-hybridized carbons (Fsp3) is 0.500. The second-order valence-electron chi connectivity index (χ2n) is 5.39. The van der Waals surface area contributed by atoms with Crippen molar-refractivity contribution in [2.75, 3.05) is 37.7 Å². The summed E-state index contributed by atoms with van der Waals surface area (Å²) < 4.78 is 5.24. The highest BCUT2D eigenvalue weighted by Gasteiger charge is 2.22. The van der Waals surface area contributed by atoms with Gasteiger partial charge in [-0.25, -0.2) is 0 Å². The standard InChI is InChI=1S/C16H22N2O3/c1-12-4-5-15(13(2)10-12)18(14(3)19)11-16(20)17-6-8-21-9-7-17/h4-5,10H,6-9,11H2,1-3H3. The minimum Gasteiger partial charge on any atom is -0.378 e. The lowest BCUT2D eigenvalue weighted by molar-refractivity contribution is -0.134. The zero-order valence-corrected chi connectivity index (χ0v) is 12.9. The van der Waals surface area contributed by atoms with Gasteiger partial charge in [-0.15, -0.1) is 0 Å². The van der Waals surface area contributed by atoms with Crippen LogP contribution in [0.15, 0.2) is 18.2 Å². The van der Waals surface area contributed by atoms with Crippen LogP contribution in [0, 0.1) is 13.8 Å². The van der Waals surface area contributed by atoms with Crippen molar-refractivity contribution < 1.29 is 14.3 Å². The van der Waals surface area contributed by atoms with Crippen molar-refractivity contribution in [2.24, 2.45) is 0 Å². The summed E-state index contributed by atoms with van der Waals surface area (Å²) in [5, 5.41) is 0. The molecule has 5 nitrogen and oxygen atoms in total. The van der Waals surface area contributed by atoms with E-state index in [0.29, 0.717) is 26.3 Å². The zero-order chi connectivity index (χ0) is 15.4. The summed E-state index contributed by atoms with van der Waals surface area (Å²) in [5.74, 6) is -0.156. The van der Waals surface area contributed by atoms with Gasteiger partial charge < -0.3 is 14.5 Å². The van der Waals surface area contributed by atoms with Crippen LogP contribution in [0.5, 0.6) is 0 Å². The minimum atomic E-state index is -0.122. The zero-order valence-electron chi connectivity index (χ0n) is 12.9. The lowest BCUT2D eigenvalue weighted by Crippen LogP contribution is -2.47. The molecule has 0 aromatic heterocycles. The summed E-state index contributed by atoms with van der Waals surface area (Å²) in [6.45, 7) is 7.86. The van der Waals surface area contributed by atoms with Crippen LogP contribution in [-0.4, -0.2) is 49.6 Å². The van der Waals surface area contributed by atoms with Crippen LogP contribution < -0.4 is 4.90 Å². The Labute approximate surface area is 125 Å². The van der Waals surface area contributed by atoms with Crippen LogP contribution >= 0.6 is 0 Å². The van der Waals surface area contributed by atoms with Gasteiger partial charge in [0, 0.05) is 25.7 Å². The van der Waals surface area contributed by atoms with E-state index >= 15 is 0 Å². The van der Waals surface area contributed by atoms with Gasteiger partial charge in [-0.1, -0.05) is 17.7 Å². The number of benzene rings is 1. The molecular formula is C16H22N2O3. The average molecular weight is 290 g/mol. The number of amides is 2. The number of hydrogen-bond donors (Lipinski definition) is 0. The van der Waals surface area contributed by atoms with E-state index in [9.17, 15) is 9.59 Å². The molecule has 2 rings (SSSR count). The van der Waals surface area contributed by atoms with Crippen molar-refractivity contribution in [3.05, 3.63) is 29.3 Å². The van der Waals surface area contributed by atoms with Crippen molar-refractivity contribution in [1.82, 2.24) is 4.90 Å². The number of ether oxygens (including phenoxy) is 1. The summed E-state index contributed by atoms with van der Waals surface area (Å²) in [6, 6.07) is 5.88. The predicted octanol–water partition coefficient (Wildman–Crippen LogP) is 1.52. The summed E-state index contributed by atoms with van der Waals surface area (Å²) in [6.07, 6.45) is 0. The van der Waals surface area contributed by atoms with Crippen molar-refractivity contribution in [3.63, 3.8) is 0 Å². The van der Waals surface area contributed by atoms with Gasteiger partial charge in [-0.05, 0) is 25.5 Å². The normalized spacial score (nSPS) is 14.9. The number of nitrogens with zero attached hydrogens (tertiary/aromatic N) is 2. The van der Waals surface area contributed by atoms with E-state index in [1.807, 2.05) is 32.0 Å². The van der Waals surface area contributed by atoms with Gasteiger partial charge in [0.1, 0.15) is 6.54 Å². The number of aryl methyl sites for hydroxylation is 2. The van der Waals surface area contributed by atoms with E-state index < -0.39 is 0 Å². The molecule has 0 saturated carbocycles. The Hall–Kier alpha value is -1.88. The third-order valence-electron chi connectivity index (χ3n) is 3.68. The summed E-state index contributed by atoms with van der Waals surface area (Å²) >= 11 is 0. The summed E-state index contributed by atoms with van der Waals surface area (Å²) in [7, 11) is 0. The predicted molar refractivity (Wildman–Crippen MR) is 81.3 cm³/mol. The first-order valence-electron chi connectivity index (χ1n) is 7.20. The van der Waals surface area contributed by atoms with Crippen molar-refractivity contribution in [1.29, 1.82) is 0 Å². The highest BCUT2D eigenvalue weighted by Crippen LogP contribution is 2.21. The lowest BCUT2D eigenvalue weighted by Gasteiger charge is -2.30. The van der Waals surface area contributed by atoms with Gasteiger partial charge in [0.2, 0.25) is 11.8 Å². The molecule has 1 heterocycles.